The Morgan fingerprint density at radius 1 is 1.02 bits per heavy atom. The number of benzene rings is 1. The van der Waals surface area contributed by atoms with Crippen LogP contribution in [0.15, 0.2) is 35.4 Å². The monoisotopic (exact) mass is 615 g/mol. The molecule has 7 nitrogen and oxygen atoms in total. The first-order chi connectivity index (χ1) is 20.2. The number of thiophene rings is 1. The molecule has 3 fully saturated rings. The van der Waals surface area contributed by atoms with E-state index in [1.54, 1.807) is 4.90 Å². The summed E-state index contributed by atoms with van der Waals surface area (Å²) in [7, 11) is 0.660. The van der Waals surface area contributed by atoms with Crippen LogP contribution in [0.25, 0.3) is 10.6 Å². The Kier molecular flexibility index (Phi) is 7.13. The quantitative estimate of drug-likeness (QED) is 0.347. The number of amides is 1. The fourth-order valence-electron chi connectivity index (χ4n) is 6.05. The summed E-state index contributed by atoms with van der Waals surface area (Å²) >= 11 is 0.938. The highest BCUT2D eigenvalue weighted by atomic mass is 32.2. The van der Waals surface area contributed by atoms with E-state index in [1.807, 2.05) is 6.07 Å². The van der Waals surface area contributed by atoms with Crippen molar-refractivity contribution in [1.82, 2.24) is 19.8 Å². The molecule has 1 atom stereocenters. The van der Waals surface area contributed by atoms with Crippen molar-refractivity contribution in [3.8, 4) is 10.6 Å². The summed E-state index contributed by atoms with van der Waals surface area (Å²) < 4.78 is 55.5. The van der Waals surface area contributed by atoms with Crippen molar-refractivity contribution in [3.05, 3.63) is 52.0 Å². The molecule has 1 saturated heterocycles. The van der Waals surface area contributed by atoms with Gasteiger partial charge in [0.1, 0.15) is 10.4 Å². The highest BCUT2D eigenvalue weighted by Gasteiger charge is 2.40. The average Bonchev–Trinajstić information content (AvgIpc) is 3.90. The normalized spacial score (nSPS) is 22.2. The van der Waals surface area contributed by atoms with Gasteiger partial charge in [-0.05, 0) is 93.8 Å². The molecule has 2 saturated carbocycles. The van der Waals surface area contributed by atoms with Gasteiger partial charge in [-0.3, -0.25) is 9.00 Å². The molecule has 4 heterocycles. The topological polar surface area (TPSA) is 78.4 Å². The summed E-state index contributed by atoms with van der Waals surface area (Å²) in [6.45, 7) is 2.52. The van der Waals surface area contributed by atoms with Gasteiger partial charge in [-0.25, -0.2) is 9.97 Å². The molecule has 2 aliphatic heterocycles. The van der Waals surface area contributed by atoms with Crippen molar-refractivity contribution in [2.75, 3.05) is 37.8 Å². The lowest BCUT2D eigenvalue weighted by atomic mass is 9.88. The first-order valence-corrected chi connectivity index (χ1v) is 16.7. The van der Waals surface area contributed by atoms with Crippen molar-refractivity contribution < 1.29 is 22.2 Å². The molecule has 7 rings (SSSR count). The van der Waals surface area contributed by atoms with Crippen LogP contribution >= 0.6 is 11.3 Å². The van der Waals surface area contributed by atoms with Crippen LogP contribution in [0.3, 0.4) is 0 Å². The highest BCUT2D eigenvalue weighted by Crippen LogP contribution is 2.46. The Morgan fingerprint density at radius 2 is 1.79 bits per heavy atom. The summed E-state index contributed by atoms with van der Waals surface area (Å²) in [5.74, 6) is 0.985. The molecule has 42 heavy (non-hydrogen) atoms. The Labute approximate surface area is 249 Å². The Balaban J connectivity index is 1.23. The van der Waals surface area contributed by atoms with Gasteiger partial charge >= 0.3 is 6.18 Å². The molecule has 0 bridgehead atoms. The second-order valence-corrected chi connectivity index (χ2v) is 14.5. The van der Waals surface area contributed by atoms with Crippen molar-refractivity contribution in [2.24, 2.45) is 0 Å². The largest absolute Gasteiger partial charge is 0.420 e. The number of hydrogen-bond donors (Lipinski definition) is 1. The fourth-order valence-corrected chi connectivity index (χ4v) is 8.67. The van der Waals surface area contributed by atoms with Crippen LogP contribution in [0.1, 0.15) is 76.7 Å². The van der Waals surface area contributed by atoms with Crippen LogP contribution < -0.4 is 5.32 Å². The standard InChI is InChI=1S/C30H32F3N5O2S2/c1-37-10-8-17(9-11-37)19-4-7-23(21(14-19)18-2-3-18)35-29-34-16-22(30(31,32)33)26(36-29)24-15-25-27(41-24)28(39)38(20-5-6-20)12-13-42(25)40/h4,7,14-18,20H,2-3,5-6,8-13H2,1H3,(H,34,35,36). The minimum Gasteiger partial charge on any atom is -0.334 e. The molecular formula is C30H32F3N5O2S2. The number of nitrogens with zero attached hydrogens (tertiary/aromatic N) is 4. The van der Waals surface area contributed by atoms with E-state index in [1.165, 1.54) is 11.6 Å². The third-order valence-electron chi connectivity index (χ3n) is 8.76. The van der Waals surface area contributed by atoms with Gasteiger partial charge in [0, 0.05) is 30.2 Å². The van der Waals surface area contributed by atoms with E-state index < -0.39 is 22.5 Å². The van der Waals surface area contributed by atoms with Crippen LogP contribution in [-0.2, 0) is 17.0 Å². The number of halogens is 3. The number of likely N-dealkylation sites (tertiary alicyclic amines) is 1. The predicted molar refractivity (Wildman–Crippen MR) is 157 cm³/mol. The average molecular weight is 616 g/mol. The smallest absolute Gasteiger partial charge is 0.334 e. The van der Waals surface area contributed by atoms with E-state index in [9.17, 15) is 22.2 Å². The van der Waals surface area contributed by atoms with E-state index in [2.05, 4.69) is 39.4 Å². The van der Waals surface area contributed by atoms with Gasteiger partial charge in [0.15, 0.2) is 0 Å². The summed E-state index contributed by atoms with van der Waals surface area (Å²) in [5.41, 5.74) is 1.97. The molecule has 222 valence electrons. The lowest BCUT2D eigenvalue weighted by Crippen LogP contribution is -2.33. The molecule has 1 aromatic carbocycles. The van der Waals surface area contributed by atoms with Crippen molar-refractivity contribution in [1.29, 1.82) is 0 Å². The number of carbonyl (C=O) groups excluding carboxylic acids is 1. The van der Waals surface area contributed by atoms with E-state index in [-0.39, 0.29) is 39.1 Å². The van der Waals surface area contributed by atoms with Crippen LogP contribution in [0.4, 0.5) is 24.8 Å². The zero-order valence-corrected chi connectivity index (χ0v) is 24.9. The van der Waals surface area contributed by atoms with Gasteiger partial charge in [0.25, 0.3) is 5.91 Å². The summed E-state index contributed by atoms with van der Waals surface area (Å²) in [6, 6.07) is 7.95. The van der Waals surface area contributed by atoms with Crippen molar-refractivity contribution >= 4 is 39.7 Å². The summed E-state index contributed by atoms with van der Waals surface area (Å²) in [5, 5.41) is 3.21. The SMILES string of the molecule is CN1CCC(c2ccc(Nc3ncc(C(F)(F)F)c(-c4cc5c(s4)C(=O)N(C4CC4)CCS5=O)n3)c(C3CC3)c2)CC1. The number of alkyl halides is 3. The molecule has 0 spiro atoms. The molecule has 1 amide bonds. The second-order valence-electron chi connectivity index (χ2n) is 11.9. The zero-order valence-electron chi connectivity index (χ0n) is 23.2. The molecule has 2 aromatic heterocycles. The molecule has 4 aliphatic rings. The molecule has 1 unspecified atom stereocenters. The van der Waals surface area contributed by atoms with Crippen LogP contribution in [0.5, 0.6) is 0 Å². The summed E-state index contributed by atoms with van der Waals surface area (Å²) in [4.78, 5) is 26.5. The van der Waals surface area contributed by atoms with Gasteiger partial charge in [-0.15, -0.1) is 11.3 Å². The minimum absolute atomic E-state index is 0.0580. The second kappa shape index (κ2) is 10.7. The Bertz CT molecular complexity index is 1560. The van der Waals surface area contributed by atoms with Crippen molar-refractivity contribution in [3.63, 3.8) is 0 Å². The molecule has 1 N–H and O–H groups in total. The number of nitrogens with one attached hydrogen (secondary N) is 1. The minimum atomic E-state index is -4.70. The van der Waals surface area contributed by atoms with E-state index >= 15 is 0 Å². The number of anilines is 2. The van der Waals surface area contributed by atoms with E-state index in [4.69, 9.17) is 0 Å². The van der Waals surface area contributed by atoms with Gasteiger partial charge in [-0.1, -0.05) is 12.1 Å². The maximum absolute atomic E-state index is 14.2. The number of piperidine rings is 1. The molecular weight excluding hydrogens is 583 g/mol. The predicted octanol–water partition coefficient (Wildman–Crippen LogP) is 6.38. The number of carbonyl (C=O) groups is 1. The molecule has 0 radical (unpaired) electrons. The Morgan fingerprint density at radius 3 is 2.48 bits per heavy atom. The lowest BCUT2D eigenvalue weighted by molar-refractivity contribution is -0.137. The Hall–Kier alpha value is -2.83. The molecule has 12 heteroatoms. The van der Waals surface area contributed by atoms with Gasteiger partial charge in [-0.2, -0.15) is 13.2 Å². The first-order valence-electron chi connectivity index (χ1n) is 14.5. The fraction of sp³-hybridized carbons (Fsp3) is 0.500. The number of rotatable bonds is 6. The van der Waals surface area contributed by atoms with E-state index in [0.717, 1.165) is 80.4 Å². The third kappa shape index (κ3) is 5.48. The van der Waals surface area contributed by atoms with Crippen LogP contribution in [-0.4, -0.2) is 68.4 Å². The van der Waals surface area contributed by atoms with Gasteiger partial charge in [0.2, 0.25) is 5.95 Å². The summed E-state index contributed by atoms with van der Waals surface area (Å²) in [6.07, 6.45) is 2.26. The first kappa shape index (κ1) is 28.0. The number of fused-ring (bicyclic) bond motifs is 1. The van der Waals surface area contributed by atoms with E-state index in [0.29, 0.717) is 23.3 Å². The highest BCUT2D eigenvalue weighted by molar-refractivity contribution is 7.85. The third-order valence-corrected chi connectivity index (χ3v) is 11.4. The zero-order chi connectivity index (χ0) is 29.2. The van der Waals surface area contributed by atoms with Crippen LogP contribution in [0, 0.1) is 0 Å². The maximum Gasteiger partial charge on any atom is 0.420 e. The van der Waals surface area contributed by atoms with Crippen molar-refractivity contribution in [2.45, 2.75) is 67.5 Å². The molecule has 2 aliphatic carbocycles. The van der Waals surface area contributed by atoms with Crippen LogP contribution in [0.2, 0.25) is 0 Å². The van der Waals surface area contributed by atoms with Gasteiger partial charge in [0.05, 0.1) is 26.3 Å². The van der Waals surface area contributed by atoms with Gasteiger partial charge < -0.3 is 15.1 Å². The maximum atomic E-state index is 14.2. The number of hydrogen-bond acceptors (Lipinski definition) is 7. The lowest BCUT2D eigenvalue weighted by Gasteiger charge is -2.29. The number of aromatic nitrogens is 2. The molecule has 3 aromatic rings.